The van der Waals surface area contributed by atoms with Crippen molar-refractivity contribution in [2.75, 3.05) is 7.11 Å². The molecule has 3 aliphatic rings. The van der Waals surface area contributed by atoms with Crippen LogP contribution in [-0.2, 0) is 16.1 Å². The van der Waals surface area contributed by atoms with Crippen molar-refractivity contribution in [3.8, 4) is 5.75 Å². The molecule has 4 rings (SSSR count). The number of nitrogens with zero attached hydrogens (tertiary/aromatic N) is 1. The average molecular weight is 359 g/mol. The van der Waals surface area contributed by atoms with Crippen LogP contribution in [0.25, 0.3) is 0 Å². The molecule has 0 bridgehead atoms. The first-order valence-corrected chi connectivity index (χ1v) is 9.06. The molecule has 1 aromatic rings. The maximum atomic E-state index is 12.7. The Morgan fingerprint density at radius 3 is 2.77 bits per heavy atom. The number of ether oxygens (including phenoxy) is 2. The van der Waals surface area contributed by atoms with Gasteiger partial charge in [0.15, 0.2) is 6.04 Å². The third-order valence-electron chi connectivity index (χ3n) is 5.50. The van der Waals surface area contributed by atoms with Crippen molar-refractivity contribution in [3.63, 3.8) is 0 Å². The maximum Gasteiger partial charge on any atom is 0.388 e. The third-order valence-corrected chi connectivity index (χ3v) is 5.50. The minimum Gasteiger partial charge on any atom is -0.488 e. The molecular weight excluding hydrogens is 336 g/mol. The number of aliphatic hydroxyl groups is 1. The lowest BCUT2D eigenvalue weighted by Gasteiger charge is -2.24. The lowest BCUT2D eigenvalue weighted by atomic mass is 10.1. The molecule has 0 saturated heterocycles. The highest BCUT2D eigenvalue weighted by molar-refractivity contribution is 6.01. The molecule has 2 N–H and O–H groups in total. The van der Waals surface area contributed by atoms with Crippen LogP contribution >= 0.6 is 0 Å². The summed E-state index contributed by atoms with van der Waals surface area (Å²) in [5.41, 5.74) is 1.50. The molecule has 0 spiro atoms. The molecule has 2 heterocycles. The molecule has 2 amide bonds. The van der Waals surface area contributed by atoms with Crippen LogP contribution in [0.15, 0.2) is 18.2 Å². The highest BCUT2D eigenvalue weighted by atomic mass is 16.5. The van der Waals surface area contributed by atoms with E-state index in [1.807, 2.05) is 12.1 Å². The number of benzene rings is 1. The first-order chi connectivity index (χ1) is 12.6. The number of aliphatic hydroxyl groups excluding tert-OH is 1. The van der Waals surface area contributed by atoms with E-state index in [0.717, 1.165) is 30.6 Å². The molecular formula is C19H23N2O5+. The standard InChI is InChI=1S/C19H22N2O5/c1-25-15-3-2-4-16(15)26-12-5-6-13-11(9-12)10-21(19(13)24)14-7-8-17(22)20-18(14)23/h5-6,9,14-16H,2-4,7-8,10H2,1H3,(H,20,22,23)/p+1/t14?,15-,16-/m0/s1. The summed E-state index contributed by atoms with van der Waals surface area (Å²) in [6.45, 7) is 0.397. The molecule has 7 heteroatoms. The Balaban J connectivity index is 1.52. The zero-order chi connectivity index (χ0) is 18.3. The van der Waals surface area contributed by atoms with Crippen molar-refractivity contribution in [1.82, 2.24) is 4.90 Å². The van der Waals surface area contributed by atoms with Gasteiger partial charge in [-0.1, -0.05) is 0 Å². The van der Waals surface area contributed by atoms with Crippen molar-refractivity contribution in [2.45, 2.75) is 56.9 Å². The van der Waals surface area contributed by atoms with Gasteiger partial charge in [-0.3, -0.25) is 4.79 Å². The van der Waals surface area contributed by atoms with E-state index in [9.17, 15) is 14.7 Å². The van der Waals surface area contributed by atoms with Crippen LogP contribution in [0.2, 0.25) is 0 Å². The zero-order valence-electron chi connectivity index (χ0n) is 14.7. The highest BCUT2D eigenvalue weighted by Gasteiger charge is 2.41. The molecule has 1 aromatic carbocycles. The largest absolute Gasteiger partial charge is 0.488 e. The monoisotopic (exact) mass is 359 g/mol. The molecule has 3 atom stereocenters. The van der Waals surface area contributed by atoms with Gasteiger partial charge in [0.2, 0.25) is 0 Å². The second-order valence-electron chi connectivity index (χ2n) is 7.10. The molecule has 1 unspecified atom stereocenters. The van der Waals surface area contributed by atoms with Gasteiger partial charge in [-0.2, -0.15) is 0 Å². The molecule has 138 valence electrons. The van der Waals surface area contributed by atoms with E-state index in [4.69, 9.17) is 9.47 Å². The third kappa shape index (κ3) is 2.96. The summed E-state index contributed by atoms with van der Waals surface area (Å²) in [4.78, 5) is 28.1. The molecule has 7 nitrogen and oxygen atoms in total. The van der Waals surface area contributed by atoms with Gasteiger partial charge in [-0.25, -0.2) is 4.79 Å². The van der Waals surface area contributed by atoms with Crippen molar-refractivity contribution in [1.29, 1.82) is 0 Å². The van der Waals surface area contributed by atoms with Crippen molar-refractivity contribution in [2.24, 2.45) is 0 Å². The predicted octanol–water partition coefficient (Wildman–Crippen LogP) is 0.315. The number of rotatable bonds is 4. The van der Waals surface area contributed by atoms with Gasteiger partial charge in [0.05, 0.1) is 12.5 Å². The second kappa shape index (κ2) is 6.72. The smallest absolute Gasteiger partial charge is 0.388 e. The van der Waals surface area contributed by atoms with E-state index in [-0.39, 0.29) is 29.9 Å². The fourth-order valence-electron chi connectivity index (χ4n) is 4.11. The summed E-state index contributed by atoms with van der Waals surface area (Å²) in [5.74, 6) is 0.239. The van der Waals surface area contributed by atoms with Crippen LogP contribution in [0.4, 0.5) is 0 Å². The van der Waals surface area contributed by atoms with Crippen LogP contribution in [0.1, 0.15) is 48.0 Å². The van der Waals surface area contributed by atoms with Crippen LogP contribution in [0, 0.1) is 0 Å². The summed E-state index contributed by atoms with van der Waals surface area (Å²) in [7, 11) is 1.71. The summed E-state index contributed by atoms with van der Waals surface area (Å²) >= 11 is 0. The number of carbonyl (C=O) groups excluding carboxylic acids is 2. The van der Waals surface area contributed by atoms with Crippen LogP contribution in [-0.4, -0.2) is 53.1 Å². The Kier molecular flexibility index (Phi) is 4.40. The van der Waals surface area contributed by atoms with Gasteiger partial charge in [0, 0.05) is 19.2 Å². The Hall–Kier alpha value is -2.41. The molecule has 1 saturated carbocycles. The second-order valence-corrected chi connectivity index (χ2v) is 7.10. The molecule has 0 aromatic heterocycles. The van der Waals surface area contributed by atoms with Crippen LogP contribution < -0.4 is 9.73 Å². The average Bonchev–Trinajstić information content (AvgIpc) is 3.19. The summed E-state index contributed by atoms with van der Waals surface area (Å²) in [5, 5.41) is 10.0. The van der Waals surface area contributed by atoms with Gasteiger partial charge in [0.25, 0.3) is 5.91 Å². The lowest BCUT2D eigenvalue weighted by molar-refractivity contribution is -0.394. The number of hydrogen-bond donors (Lipinski definition) is 2. The normalized spacial score (nSPS) is 28.3. The van der Waals surface area contributed by atoms with E-state index < -0.39 is 6.04 Å². The number of methoxy groups -OCH3 is 1. The number of hydrogen-bond acceptors (Lipinski definition) is 4. The van der Waals surface area contributed by atoms with Crippen molar-refractivity contribution < 1.29 is 29.2 Å². The van der Waals surface area contributed by atoms with Crippen LogP contribution in [0.3, 0.4) is 0 Å². The van der Waals surface area contributed by atoms with E-state index in [0.29, 0.717) is 24.9 Å². The number of fused-ring (bicyclic) bond motifs is 1. The summed E-state index contributed by atoms with van der Waals surface area (Å²) in [6, 6.07) is 5.01. The predicted molar refractivity (Wildman–Crippen MR) is 92.0 cm³/mol. The van der Waals surface area contributed by atoms with E-state index in [1.54, 1.807) is 18.1 Å². The molecule has 0 radical (unpaired) electrons. The van der Waals surface area contributed by atoms with Gasteiger partial charge in [-0.15, -0.1) is 4.99 Å². The topological polar surface area (TPSA) is 90.0 Å². The van der Waals surface area contributed by atoms with Crippen LogP contribution in [0.5, 0.6) is 5.75 Å². The van der Waals surface area contributed by atoms with Gasteiger partial charge in [-0.05, 0) is 49.4 Å². The van der Waals surface area contributed by atoms with Crippen molar-refractivity contribution >= 4 is 17.7 Å². The van der Waals surface area contributed by atoms with E-state index in [1.165, 1.54) is 0 Å². The summed E-state index contributed by atoms with van der Waals surface area (Å²) < 4.78 is 11.6. The summed E-state index contributed by atoms with van der Waals surface area (Å²) in [6.07, 6.45) is 3.92. The van der Waals surface area contributed by atoms with E-state index in [2.05, 4.69) is 4.99 Å². The minimum atomic E-state index is -0.482. The lowest BCUT2D eigenvalue weighted by Crippen LogP contribution is -2.82. The molecule has 2 aliphatic heterocycles. The first kappa shape index (κ1) is 17.0. The van der Waals surface area contributed by atoms with Gasteiger partial charge < -0.3 is 19.5 Å². The van der Waals surface area contributed by atoms with E-state index >= 15 is 0 Å². The fraction of sp³-hybridized carbons (Fsp3) is 0.526. The Morgan fingerprint density at radius 2 is 2.00 bits per heavy atom. The maximum absolute atomic E-state index is 12.7. The molecule has 1 aliphatic carbocycles. The SMILES string of the molecule is CO[C@H]1CCC[C@@H]1Oc1ccc2c(c1)CN(C1CCC(=O)[NH+]=C1O)C2=O. The van der Waals surface area contributed by atoms with Gasteiger partial charge >= 0.3 is 11.8 Å². The van der Waals surface area contributed by atoms with Crippen molar-refractivity contribution in [3.05, 3.63) is 29.3 Å². The first-order valence-electron chi connectivity index (χ1n) is 9.06. The Bertz CT molecular complexity index is 775. The molecule has 26 heavy (non-hydrogen) atoms. The zero-order valence-corrected chi connectivity index (χ0v) is 14.7. The Labute approximate surface area is 151 Å². The number of amides is 2. The molecule has 1 fully saturated rings. The fourth-order valence-corrected chi connectivity index (χ4v) is 4.11. The highest BCUT2D eigenvalue weighted by Crippen LogP contribution is 2.32. The quantitative estimate of drug-likeness (QED) is 0.808. The van der Waals surface area contributed by atoms with Gasteiger partial charge in [0.1, 0.15) is 11.9 Å². The number of carbonyl (C=O) groups is 2. The number of nitrogens with one attached hydrogen (secondary N) is 1. The Morgan fingerprint density at radius 1 is 1.19 bits per heavy atom. The minimum absolute atomic E-state index is 0.0391.